The molecule has 2 aromatic rings. The first-order chi connectivity index (χ1) is 20.9. The molecule has 4 bridgehead atoms. The molecule has 4 aliphatic carbocycles. The van der Waals surface area contributed by atoms with Gasteiger partial charge in [-0.2, -0.15) is 5.10 Å². The zero-order valence-electron chi connectivity index (χ0n) is 26.1. The minimum Gasteiger partial charge on any atom is -0.477 e. The lowest BCUT2D eigenvalue weighted by molar-refractivity contribution is -0.137. The highest BCUT2D eigenvalue weighted by Crippen LogP contribution is 2.57. The van der Waals surface area contributed by atoms with Crippen molar-refractivity contribution >= 4 is 24.1 Å². The van der Waals surface area contributed by atoms with Gasteiger partial charge in [0.15, 0.2) is 0 Å². The first-order valence-electron chi connectivity index (χ1n) is 15.5. The number of carbonyl (C=O) groups excluding carboxylic acids is 3. The highest BCUT2D eigenvalue weighted by atomic mass is 16.6. The SMILES string of the molecule is CC(C)COc1c(C(=O)N[C@H]2C3CC4CC2C[C@](OC(N)=O)(C4)C3)cnn1/C=C/C(C)(C)NC(=O)COCc1ccccc1. The number of primary amides is 1. The molecule has 4 fully saturated rings. The Kier molecular flexibility index (Phi) is 9.34. The Morgan fingerprint density at radius 3 is 2.50 bits per heavy atom. The van der Waals surface area contributed by atoms with Gasteiger partial charge >= 0.3 is 6.09 Å². The van der Waals surface area contributed by atoms with E-state index < -0.39 is 17.2 Å². The molecule has 2 unspecified atom stereocenters. The highest BCUT2D eigenvalue weighted by molar-refractivity contribution is 5.96. The third-order valence-electron chi connectivity index (χ3n) is 8.82. The van der Waals surface area contributed by atoms with Gasteiger partial charge in [0.2, 0.25) is 11.8 Å². The van der Waals surface area contributed by atoms with E-state index in [-0.39, 0.29) is 42.2 Å². The molecular formula is C33H45N5O6. The summed E-state index contributed by atoms with van der Waals surface area (Å²) in [6, 6.07) is 9.67. The third-order valence-corrected chi connectivity index (χ3v) is 8.82. The molecule has 3 amide bonds. The Bertz CT molecular complexity index is 1350. The Hall–Kier alpha value is -3.86. The van der Waals surface area contributed by atoms with Crippen LogP contribution in [0.2, 0.25) is 0 Å². The summed E-state index contributed by atoms with van der Waals surface area (Å²) in [5, 5.41) is 10.7. The monoisotopic (exact) mass is 607 g/mol. The minimum atomic E-state index is -0.723. The van der Waals surface area contributed by atoms with Gasteiger partial charge in [0.1, 0.15) is 17.8 Å². The summed E-state index contributed by atoms with van der Waals surface area (Å²) < 4.78 is 18.8. The second-order valence-electron chi connectivity index (χ2n) is 13.7. The largest absolute Gasteiger partial charge is 0.477 e. The van der Waals surface area contributed by atoms with Crippen LogP contribution < -0.4 is 21.1 Å². The van der Waals surface area contributed by atoms with Gasteiger partial charge in [-0.1, -0.05) is 44.2 Å². The summed E-state index contributed by atoms with van der Waals surface area (Å²) in [4.78, 5) is 37.9. The molecule has 238 valence electrons. The molecule has 11 nitrogen and oxygen atoms in total. The zero-order valence-corrected chi connectivity index (χ0v) is 26.1. The predicted molar refractivity (Wildman–Crippen MR) is 164 cm³/mol. The van der Waals surface area contributed by atoms with Gasteiger partial charge in [-0.3, -0.25) is 9.59 Å². The van der Waals surface area contributed by atoms with Gasteiger partial charge in [-0.15, -0.1) is 0 Å². The van der Waals surface area contributed by atoms with Crippen LogP contribution >= 0.6 is 0 Å². The summed E-state index contributed by atoms with van der Waals surface area (Å²) in [5.74, 6) is 1.02. The molecular weight excluding hydrogens is 562 g/mol. The molecule has 0 aliphatic heterocycles. The van der Waals surface area contributed by atoms with Gasteiger partial charge in [0.25, 0.3) is 5.91 Å². The van der Waals surface area contributed by atoms with Crippen LogP contribution in [0.5, 0.6) is 5.88 Å². The maximum atomic E-state index is 13.7. The van der Waals surface area contributed by atoms with Gasteiger partial charge < -0.3 is 30.6 Å². The van der Waals surface area contributed by atoms with Crippen molar-refractivity contribution in [1.29, 1.82) is 0 Å². The molecule has 4 N–H and O–H groups in total. The van der Waals surface area contributed by atoms with Gasteiger partial charge in [0, 0.05) is 12.2 Å². The number of nitrogens with zero attached hydrogens (tertiary/aromatic N) is 2. The van der Waals surface area contributed by atoms with E-state index in [0.29, 0.717) is 43.4 Å². The third kappa shape index (κ3) is 7.61. The van der Waals surface area contributed by atoms with Crippen LogP contribution in [0.3, 0.4) is 0 Å². The molecule has 4 saturated carbocycles. The molecule has 0 spiro atoms. The number of amides is 3. The highest BCUT2D eigenvalue weighted by Gasteiger charge is 2.57. The Morgan fingerprint density at radius 1 is 1.14 bits per heavy atom. The first kappa shape index (κ1) is 31.6. The van der Waals surface area contributed by atoms with Gasteiger partial charge in [-0.25, -0.2) is 9.48 Å². The Labute approximate surface area is 258 Å². The summed E-state index contributed by atoms with van der Waals surface area (Å²) in [6.45, 7) is 8.49. The number of hydrogen-bond donors (Lipinski definition) is 3. The van der Waals surface area contributed by atoms with Crippen LogP contribution in [0.4, 0.5) is 4.79 Å². The number of hydrogen-bond acceptors (Lipinski definition) is 7. The summed E-state index contributed by atoms with van der Waals surface area (Å²) >= 11 is 0. The average Bonchev–Trinajstić information content (AvgIpc) is 3.35. The van der Waals surface area contributed by atoms with Crippen LogP contribution in [0.25, 0.3) is 6.20 Å². The average molecular weight is 608 g/mol. The van der Waals surface area contributed by atoms with Crippen molar-refractivity contribution in [3.63, 3.8) is 0 Å². The van der Waals surface area contributed by atoms with Crippen molar-refractivity contribution in [2.24, 2.45) is 29.4 Å². The second kappa shape index (κ2) is 13.0. The molecule has 11 heteroatoms. The molecule has 0 saturated heterocycles. The number of aromatic nitrogens is 2. The van der Waals surface area contributed by atoms with Crippen LogP contribution in [0.1, 0.15) is 75.7 Å². The summed E-state index contributed by atoms with van der Waals surface area (Å²) in [6.07, 6.45) is 8.58. The van der Waals surface area contributed by atoms with Crippen molar-refractivity contribution in [2.75, 3.05) is 13.2 Å². The lowest BCUT2D eigenvalue weighted by Gasteiger charge is -2.58. The van der Waals surface area contributed by atoms with E-state index in [9.17, 15) is 14.4 Å². The molecule has 1 aromatic carbocycles. The maximum absolute atomic E-state index is 13.7. The Balaban J connectivity index is 1.23. The summed E-state index contributed by atoms with van der Waals surface area (Å²) in [5.41, 5.74) is 5.53. The molecule has 4 aliphatic rings. The topological polar surface area (TPSA) is 147 Å². The van der Waals surface area contributed by atoms with E-state index >= 15 is 0 Å². The molecule has 1 heterocycles. The van der Waals surface area contributed by atoms with Crippen molar-refractivity contribution in [3.8, 4) is 5.88 Å². The summed E-state index contributed by atoms with van der Waals surface area (Å²) in [7, 11) is 0. The van der Waals surface area contributed by atoms with E-state index in [4.69, 9.17) is 19.9 Å². The smallest absolute Gasteiger partial charge is 0.405 e. The quantitative estimate of drug-likeness (QED) is 0.308. The van der Waals surface area contributed by atoms with Gasteiger partial charge in [-0.05, 0) is 81.3 Å². The fourth-order valence-corrected chi connectivity index (χ4v) is 7.29. The fourth-order valence-electron chi connectivity index (χ4n) is 7.29. The maximum Gasteiger partial charge on any atom is 0.405 e. The molecule has 0 radical (unpaired) electrons. The number of nitrogens with one attached hydrogen (secondary N) is 2. The fraction of sp³-hybridized carbons (Fsp3) is 0.576. The number of nitrogens with two attached hydrogens (primary N) is 1. The Morgan fingerprint density at radius 2 is 1.84 bits per heavy atom. The number of carbonyl (C=O) groups is 3. The van der Waals surface area contributed by atoms with Gasteiger partial charge in [0.05, 0.1) is 24.9 Å². The number of ether oxygens (including phenoxy) is 3. The van der Waals surface area contributed by atoms with Crippen molar-refractivity contribution in [3.05, 3.63) is 53.7 Å². The lowest BCUT2D eigenvalue weighted by Crippen LogP contribution is -2.63. The van der Waals surface area contributed by atoms with Crippen molar-refractivity contribution in [2.45, 2.75) is 83.6 Å². The van der Waals surface area contributed by atoms with E-state index in [0.717, 1.165) is 24.8 Å². The van der Waals surface area contributed by atoms with Crippen LogP contribution in [-0.4, -0.2) is 58.1 Å². The van der Waals surface area contributed by atoms with Crippen molar-refractivity contribution < 1.29 is 28.6 Å². The normalized spacial score (nSPS) is 25.8. The predicted octanol–water partition coefficient (Wildman–Crippen LogP) is 4.27. The number of rotatable bonds is 13. The number of benzene rings is 1. The lowest BCUT2D eigenvalue weighted by atomic mass is 9.52. The van der Waals surface area contributed by atoms with E-state index in [1.807, 2.05) is 58.0 Å². The zero-order chi connectivity index (χ0) is 31.5. The van der Waals surface area contributed by atoms with Crippen LogP contribution in [0.15, 0.2) is 42.6 Å². The van der Waals surface area contributed by atoms with E-state index in [2.05, 4.69) is 15.7 Å². The minimum absolute atomic E-state index is 0.0150. The van der Waals surface area contributed by atoms with Crippen LogP contribution in [-0.2, 0) is 20.9 Å². The van der Waals surface area contributed by atoms with Crippen LogP contribution in [0, 0.1) is 23.7 Å². The molecule has 1 aromatic heterocycles. The second-order valence-corrected chi connectivity index (χ2v) is 13.7. The van der Waals surface area contributed by atoms with E-state index in [1.54, 1.807) is 12.3 Å². The van der Waals surface area contributed by atoms with E-state index in [1.165, 1.54) is 10.9 Å². The standard InChI is InChI=1S/C33H45N5O6/c1-21(2)18-43-30-26(29(40)36-28-24-12-23-13-25(28)16-33(14-23,15-24)44-31(34)41)17-35-38(30)11-10-32(3,4)37-27(39)20-42-19-22-8-6-5-7-9-22/h5-11,17,21,23-25,28H,12-16,18-20H2,1-4H3,(H2,34,41)(H,36,40)(H,37,39)/b11-10+/t23?,24?,25?,28-,33-. The first-order valence-corrected chi connectivity index (χ1v) is 15.5. The molecule has 2 atom stereocenters. The molecule has 44 heavy (non-hydrogen) atoms. The molecule has 6 rings (SSSR count). The van der Waals surface area contributed by atoms with Crippen molar-refractivity contribution in [1.82, 2.24) is 20.4 Å².